The van der Waals surface area contributed by atoms with Crippen molar-refractivity contribution in [2.75, 3.05) is 0 Å². The molecule has 0 amide bonds. The molecule has 0 radical (unpaired) electrons. The summed E-state index contributed by atoms with van der Waals surface area (Å²) in [5.74, 6) is -0.828. The SMILES string of the molecule is Cc1cc(Br)c(CC(=O)O)c(Br)c1. The van der Waals surface area contributed by atoms with Crippen molar-refractivity contribution in [3.8, 4) is 0 Å². The van der Waals surface area contributed by atoms with Crippen LogP contribution in [0.3, 0.4) is 0 Å². The highest BCUT2D eigenvalue weighted by atomic mass is 79.9. The van der Waals surface area contributed by atoms with Gasteiger partial charge in [0.1, 0.15) is 0 Å². The second-order valence-corrected chi connectivity index (χ2v) is 4.49. The first-order chi connectivity index (χ1) is 6.00. The van der Waals surface area contributed by atoms with Gasteiger partial charge < -0.3 is 5.11 Å². The Morgan fingerprint density at radius 2 is 1.85 bits per heavy atom. The number of carboxylic acids is 1. The molecule has 0 aliphatic heterocycles. The largest absolute Gasteiger partial charge is 0.481 e. The van der Waals surface area contributed by atoms with E-state index < -0.39 is 5.97 Å². The van der Waals surface area contributed by atoms with E-state index in [4.69, 9.17) is 5.11 Å². The fraction of sp³-hybridized carbons (Fsp3) is 0.222. The van der Waals surface area contributed by atoms with Gasteiger partial charge in [0.15, 0.2) is 0 Å². The molecule has 0 saturated carbocycles. The first-order valence-electron chi connectivity index (χ1n) is 3.67. The topological polar surface area (TPSA) is 37.3 Å². The quantitative estimate of drug-likeness (QED) is 0.911. The molecule has 0 aliphatic carbocycles. The third-order valence-electron chi connectivity index (χ3n) is 1.61. The molecule has 0 unspecified atom stereocenters. The second kappa shape index (κ2) is 4.24. The van der Waals surface area contributed by atoms with Crippen LogP contribution in [0.4, 0.5) is 0 Å². The van der Waals surface area contributed by atoms with Crippen molar-refractivity contribution in [1.29, 1.82) is 0 Å². The molecule has 0 bridgehead atoms. The van der Waals surface area contributed by atoms with Crippen LogP contribution in [0.5, 0.6) is 0 Å². The number of aliphatic carboxylic acids is 1. The molecular formula is C9H8Br2O2. The van der Waals surface area contributed by atoms with E-state index in [2.05, 4.69) is 31.9 Å². The molecular weight excluding hydrogens is 300 g/mol. The summed E-state index contributed by atoms with van der Waals surface area (Å²) in [7, 11) is 0. The molecule has 0 aliphatic rings. The van der Waals surface area contributed by atoms with Gasteiger partial charge in [-0.15, -0.1) is 0 Å². The first kappa shape index (κ1) is 10.7. The van der Waals surface area contributed by atoms with E-state index >= 15 is 0 Å². The third-order valence-corrected chi connectivity index (χ3v) is 3.03. The van der Waals surface area contributed by atoms with Gasteiger partial charge in [-0.25, -0.2) is 0 Å². The Kier molecular flexibility index (Phi) is 3.50. The fourth-order valence-corrected chi connectivity index (χ4v) is 2.75. The molecule has 70 valence electrons. The minimum Gasteiger partial charge on any atom is -0.481 e. The van der Waals surface area contributed by atoms with E-state index in [1.807, 2.05) is 19.1 Å². The van der Waals surface area contributed by atoms with E-state index in [0.29, 0.717) is 0 Å². The predicted octanol–water partition coefficient (Wildman–Crippen LogP) is 3.15. The first-order valence-corrected chi connectivity index (χ1v) is 5.25. The second-order valence-electron chi connectivity index (χ2n) is 2.78. The summed E-state index contributed by atoms with van der Waals surface area (Å²) in [6.07, 6.45) is 0.0292. The van der Waals surface area contributed by atoms with Gasteiger partial charge in [0.2, 0.25) is 0 Å². The predicted molar refractivity (Wildman–Crippen MR) is 57.9 cm³/mol. The lowest BCUT2D eigenvalue weighted by Crippen LogP contribution is -2.02. The van der Waals surface area contributed by atoms with Crippen LogP contribution >= 0.6 is 31.9 Å². The Bertz CT molecular complexity index is 324. The Labute approximate surface area is 93.2 Å². The lowest BCUT2D eigenvalue weighted by atomic mass is 10.1. The van der Waals surface area contributed by atoms with Crippen molar-refractivity contribution in [2.24, 2.45) is 0 Å². The summed E-state index contributed by atoms with van der Waals surface area (Å²) < 4.78 is 1.67. The third kappa shape index (κ3) is 2.81. The summed E-state index contributed by atoms with van der Waals surface area (Å²) in [5, 5.41) is 8.64. The van der Waals surface area contributed by atoms with E-state index in [1.165, 1.54) is 0 Å². The van der Waals surface area contributed by atoms with Crippen LogP contribution < -0.4 is 0 Å². The number of hydrogen-bond donors (Lipinski definition) is 1. The minimum atomic E-state index is -0.828. The van der Waals surface area contributed by atoms with Gasteiger partial charge >= 0.3 is 5.97 Å². The highest BCUT2D eigenvalue weighted by Crippen LogP contribution is 2.27. The zero-order valence-electron chi connectivity index (χ0n) is 6.97. The number of aryl methyl sites for hydroxylation is 1. The molecule has 0 atom stereocenters. The van der Waals surface area contributed by atoms with Crippen LogP contribution in [0, 0.1) is 6.92 Å². The highest BCUT2D eigenvalue weighted by molar-refractivity contribution is 9.11. The Morgan fingerprint density at radius 3 is 2.23 bits per heavy atom. The number of carboxylic acid groups (broad SMARTS) is 1. The van der Waals surface area contributed by atoms with Crippen molar-refractivity contribution in [3.63, 3.8) is 0 Å². The summed E-state index contributed by atoms with van der Waals surface area (Å²) in [6, 6.07) is 3.81. The molecule has 1 aromatic carbocycles. The molecule has 1 N–H and O–H groups in total. The zero-order chi connectivity index (χ0) is 10.0. The molecule has 4 heteroatoms. The van der Waals surface area contributed by atoms with Gasteiger partial charge in [-0.1, -0.05) is 31.9 Å². The maximum atomic E-state index is 10.5. The van der Waals surface area contributed by atoms with Gasteiger partial charge in [-0.2, -0.15) is 0 Å². The van der Waals surface area contributed by atoms with Crippen molar-refractivity contribution in [3.05, 3.63) is 32.2 Å². The molecule has 0 aromatic heterocycles. The molecule has 0 spiro atoms. The molecule has 0 fully saturated rings. The van der Waals surface area contributed by atoms with Crippen LogP contribution in [0.15, 0.2) is 21.1 Å². The smallest absolute Gasteiger partial charge is 0.307 e. The van der Waals surface area contributed by atoms with Gasteiger partial charge in [0.05, 0.1) is 6.42 Å². The van der Waals surface area contributed by atoms with Gasteiger partial charge in [0, 0.05) is 8.95 Å². The van der Waals surface area contributed by atoms with Crippen LogP contribution in [-0.4, -0.2) is 11.1 Å². The van der Waals surface area contributed by atoms with Crippen LogP contribution in [0.1, 0.15) is 11.1 Å². The van der Waals surface area contributed by atoms with Crippen molar-refractivity contribution < 1.29 is 9.90 Å². The van der Waals surface area contributed by atoms with Crippen LogP contribution in [0.2, 0.25) is 0 Å². The van der Waals surface area contributed by atoms with E-state index in [-0.39, 0.29) is 6.42 Å². The fourth-order valence-electron chi connectivity index (χ4n) is 1.05. The standard InChI is InChI=1S/C9H8Br2O2/c1-5-2-7(10)6(4-9(12)13)8(11)3-5/h2-3H,4H2,1H3,(H,12,13). The highest BCUT2D eigenvalue weighted by Gasteiger charge is 2.09. The summed E-state index contributed by atoms with van der Waals surface area (Å²) in [4.78, 5) is 10.5. The van der Waals surface area contributed by atoms with Gasteiger partial charge in [-0.3, -0.25) is 4.79 Å². The summed E-state index contributed by atoms with van der Waals surface area (Å²) in [5.41, 5.74) is 1.87. The maximum absolute atomic E-state index is 10.5. The molecule has 1 rings (SSSR count). The number of halogens is 2. The molecule has 0 heterocycles. The van der Waals surface area contributed by atoms with E-state index in [0.717, 1.165) is 20.1 Å². The van der Waals surface area contributed by atoms with Gasteiger partial charge in [0.25, 0.3) is 0 Å². The Balaban J connectivity index is 3.13. The molecule has 2 nitrogen and oxygen atoms in total. The summed E-state index contributed by atoms with van der Waals surface area (Å²) >= 11 is 6.67. The minimum absolute atomic E-state index is 0.0292. The lowest BCUT2D eigenvalue weighted by Gasteiger charge is -2.05. The lowest BCUT2D eigenvalue weighted by molar-refractivity contribution is -0.136. The van der Waals surface area contributed by atoms with Crippen LogP contribution in [0.25, 0.3) is 0 Å². The average Bonchev–Trinajstić information content (AvgIpc) is 1.96. The number of hydrogen-bond acceptors (Lipinski definition) is 1. The van der Waals surface area contributed by atoms with Crippen molar-refractivity contribution in [2.45, 2.75) is 13.3 Å². The van der Waals surface area contributed by atoms with E-state index in [1.54, 1.807) is 0 Å². The van der Waals surface area contributed by atoms with E-state index in [9.17, 15) is 4.79 Å². The molecule has 13 heavy (non-hydrogen) atoms. The average molecular weight is 308 g/mol. The Morgan fingerprint density at radius 1 is 1.38 bits per heavy atom. The number of rotatable bonds is 2. The normalized spacial score (nSPS) is 10.1. The van der Waals surface area contributed by atoms with Crippen molar-refractivity contribution >= 4 is 37.8 Å². The Hall–Kier alpha value is -0.350. The molecule has 1 aromatic rings. The van der Waals surface area contributed by atoms with Crippen molar-refractivity contribution in [1.82, 2.24) is 0 Å². The monoisotopic (exact) mass is 306 g/mol. The summed E-state index contributed by atoms with van der Waals surface area (Å²) in [6.45, 7) is 1.96. The maximum Gasteiger partial charge on any atom is 0.307 e. The molecule has 0 saturated heterocycles. The van der Waals surface area contributed by atoms with Crippen LogP contribution in [-0.2, 0) is 11.2 Å². The zero-order valence-corrected chi connectivity index (χ0v) is 10.1. The number of carbonyl (C=O) groups is 1. The number of benzene rings is 1. The van der Waals surface area contributed by atoms with Gasteiger partial charge in [-0.05, 0) is 30.2 Å².